The number of aromatic amines is 1. The number of nitrogen functional groups attached to an aromatic ring is 1. The lowest BCUT2D eigenvalue weighted by Gasteiger charge is -2.23. The maximum atomic E-state index is 10.9. The van der Waals surface area contributed by atoms with E-state index in [1.807, 2.05) is 5.01 Å². The van der Waals surface area contributed by atoms with Crippen molar-refractivity contribution >= 4 is 5.82 Å². The van der Waals surface area contributed by atoms with E-state index in [0.717, 1.165) is 0 Å². The summed E-state index contributed by atoms with van der Waals surface area (Å²) in [5.74, 6) is 0.0573. The maximum absolute atomic E-state index is 10.9. The van der Waals surface area contributed by atoms with Gasteiger partial charge in [-0.3, -0.25) is 10.3 Å². The molecule has 0 unspecified atom stereocenters. The van der Waals surface area contributed by atoms with Crippen molar-refractivity contribution in [3.8, 4) is 0 Å². The summed E-state index contributed by atoms with van der Waals surface area (Å²) in [6, 6.07) is 0. The number of rotatable bonds is 1. The number of nitrogens with zero attached hydrogens (tertiary/aromatic N) is 2. The molecule has 0 bridgehead atoms. The topological polar surface area (TPSA) is 88.4 Å². The molecule has 0 atom stereocenters. The normalized spacial score (nSPS) is 17.7. The molecule has 0 amide bonds. The molecule has 0 aliphatic carbocycles. The van der Waals surface area contributed by atoms with Gasteiger partial charge in [-0.2, -0.15) is 0 Å². The summed E-state index contributed by atoms with van der Waals surface area (Å²) >= 11 is 0. The highest BCUT2D eigenvalue weighted by Crippen LogP contribution is 1.90. The first kappa shape index (κ1) is 8.11. The fourth-order valence-electron chi connectivity index (χ4n) is 1.24. The Morgan fingerprint density at radius 1 is 1.46 bits per heavy atom. The molecule has 2 rings (SSSR count). The number of H-pyrrole nitrogens is 1. The molecule has 0 saturated carbocycles. The molecule has 0 spiro atoms. The number of morpholine rings is 1. The minimum atomic E-state index is -0.550. The van der Waals surface area contributed by atoms with Gasteiger partial charge in [-0.1, -0.05) is 5.27 Å². The number of anilines is 1. The van der Waals surface area contributed by atoms with Gasteiger partial charge in [0.25, 0.3) is 0 Å². The fourth-order valence-corrected chi connectivity index (χ4v) is 1.24. The van der Waals surface area contributed by atoms with Crippen molar-refractivity contribution in [2.45, 2.75) is 0 Å². The first-order chi connectivity index (χ1) is 6.29. The quantitative estimate of drug-likeness (QED) is 0.487. The summed E-state index contributed by atoms with van der Waals surface area (Å²) < 4.78 is 9.67. The second kappa shape index (κ2) is 3.09. The molecule has 2 heterocycles. The smallest absolute Gasteiger partial charge is 0.377 e. The lowest BCUT2D eigenvalue weighted by Crippen LogP contribution is -2.64. The third-order valence-corrected chi connectivity index (χ3v) is 1.93. The van der Waals surface area contributed by atoms with E-state index in [1.165, 1.54) is 4.79 Å². The summed E-state index contributed by atoms with van der Waals surface area (Å²) in [6.45, 7) is 2.62. The Hall–Kier alpha value is -1.50. The highest BCUT2D eigenvalue weighted by molar-refractivity contribution is 5.11. The maximum Gasteiger partial charge on any atom is 0.452 e. The highest BCUT2D eigenvalue weighted by Gasteiger charge is 2.22. The van der Waals surface area contributed by atoms with Gasteiger partial charge in [-0.15, -0.1) is 0 Å². The molecular formula is C6H11N4O3+. The number of ether oxygens (including phenoxy) is 1. The highest BCUT2D eigenvalue weighted by atomic mass is 16.5. The van der Waals surface area contributed by atoms with Gasteiger partial charge in [0.15, 0.2) is 0 Å². The summed E-state index contributed by atoms with van der Waals surface area (Å²) in [5, 5.41) is 4.27. The number of hydrogen-bond acceptors (Lipinski definition) is 5. The van der Waals surface area contributed by atoms with Gasteiger partial charge in [0, 0.05) is 0 Å². The van der Waals surface area contributed by atoms with Gasteiger partial charge in [-0.25, -0.2) is 9.80 Å². The number of hydrogen-bond donors (Lipinski definition) is 2. The molecule has 1 aromatic heterocycles. The van der Waals surface area contributed by atoms with Crippen molar-refractivity contribution in [2.75, 3.05) is 37.0 Å². The second-order valence-electron chi connectivity index (χ2n) is 2.74. The molecule has 7 heteroatoms. The minimum absolute atomic E-state index is 0.0573. The van der Waals surface area contributed by atoms with Gasteiger partial charge in [0.1, 0.15) is 0 Å². The third-order valence-electron chi connectivity index (χ3n) is 1.93. The van der Waals surface area contributed by atoms with Crippen molar-refractivity contribution < 1.29 is 14.1 Å². The van der Waals surface area contributed by atoms with Crippen molar-refractivity contribution in [3.63, 3.8) is 0 Å². The molecule has 7 nitrogen and oxygen atoms in total. The van der Waals surface area contributed by atoms with E-state index in [4.69, 9.17) is 10.5 Å². The molecule has 1 saturated heterocycles. The molecule has 72 valence electrons. The third kappa shape index (κ3) is 1.37. The fraction of sp³-hybridized carbons (Fsp3) is 0.667. The van der Waals surface area contributed by atoms with E-state index >= 15 is 0 Å². The summed E-state index contributed by atoms with van der Waals surface area (Å²) in [7, 11) is 0. The zero-order valence-electron chi connectivity index (χ0n) is 7.02. The van der Waals surface area contributed by atoms with Gasteiger partial charge in [0.05, 0.1) is 26.3 Å². The van der Waals surface area contributed by atoms with E-state index in [2.05, 4.69) is 9.79 Å². The van der Waals surface area contributed by atoms with Crippen LogP contribution in [0.4, 0.5) is 5.82 Å². The number of nitrogens with two attached hydrogens (primary N) is 1. The lowest BCUT2D eigenvalue weighted by molar-refractivity contribution is -0.747. The lowest BCUT2D eigenvalue weighted by atomic mass is 10.5. The van der Waals surface area contributed by atoms with Gasteiger partial charge in [0.2, 0.25) is 0 Å². The van der Waals surface area contributed by atoms with Crippen LogP contribution >= 0.6 is 0 Å². The summed E-state index contributed by atoms with van der Waals surface area (Å²) in [6.07, 6.45) is 0. The Balaban J connectivity index is 2.23. The van der Waals surface area contributed by atoms with Crippen LogP contribution in [0.2, 0.25) is 0 Å². The zero-order chi connectivity index (χ0) is 9.26. The predicted octanol–water partition coefficient (Wildman–Crippen LogP) is -2.19. The van der Waals surface area contributed by atoms with Gasteiger partial charge in [-0.05, 0) is 4.79 Å². The SMILES string of the molecule is Nc1c(=O)o[nH][n+]1N1CCOCC1. The number of aromatic nitrogens is 2. The Morgan fingerprint density at radius 3 is 2.69 bits per heavy atom. The van der Waals surface area contributed by atoms with Crippen LogP contribution in [0.25, 0.3) is 0 Å². The molecule has 1 aliphatic rings. The second-order valence-corrected chi connectivity index (χ2v) is 2.74. The largest absolute Gasteiger partial charge is 0.452 e. The summed E-state index contributed by atoms with van der Waals surface area (Å²) in [5.41, 5.74) is 4.93. The monoisotopic (exact) mass is 187 g/mol. The zero-order valence-corrected chi connectivity index (χ0v) is 7.02. The molecule has 1 fully saturated rings. The van der Waals surface area contributed by atoms with Crippen LogP contribution in [0.15, 0.2) is 9.32 Å². The van der Waals surface area contributed by atoms with E-state index < -0.39 is 5.63 Å². The van der Waals surface area contributed by atoms with Gasteiger partial charge >= 0.3 is 11.4 Å². The van der Waals surface area contributed by atoms with E-state index in [1.54, 1.807) is 0 Å². The van der Waals surface area contributed by atoms with Crippen molar-refractivity contribution in [1.29, 1.82) is 0 Å². The predicted molar refractivity (Wildman–Crippen MR) is 42.7 cm³/mol. The first-order valence-corrected chi connectivity index (χ1v) is 4.01. The van der Waals surface area contributed by atoms with E-state index in [-0.39, 0.29) is 5.82 Å². The van der Waals surface area contributed by atoms with Gasteiger partial charge < -0.3 is 4.74 Å². The Morgan fingerprint density at radius 2 is 2.15 bits per heavy atom. The molecule has 0 radical (unpaired) electrons. The summed E-state index contributed by atoms with van der Waals surface area (Å²) in [4.78, 5) is 12.3. The first-order valence-electron chi connectivity index (χ1n) is 4.01. The Labute approximate surface area is 73.6 Å². The standard InChI is InChI=1S/C6H10N4O3/c7-5-6(11)13-8-10(5)9-1-3-12-4-2-9/h7-8H,1-4H2/p+1. The van der Waals surface area contributed by atoms with Crippen LogP contribution in [0.1, 0.15) is 0 Å². The van der Waals surface area contributed by atoms with Crippen LogP contribution in [0.3, 0.4) is 0 Å². The van der Waals surface area contributed by atoms with Crippen LogP contribution in [0, 0.1) is 0 Å². The average molecular weight is 187 g/mol. The van der Waals surface area contributed by atoms with Crippen LogP contribution < -0.4 is 21.2 Å². The number of nitrogens with one attached hydrogen (secondary N) is 1. The minimum Gasteiger partial charge on any atom is -0.377 e. The molecule has 1 aromatic rings. The van der Waals surface area contributed by atoms with Crippen molar-refractivity contribution in [1.82, 2.24) is 5.27 Å². The Bertz CT molecular complexity index is 338. The van der Waals surface area contributed by atoms with Crippen molar-refractivity contribution in [2.24, 2.45) is 0 Å². The molecule has 13 heavy (non-hydrogen) atoms. The van der Waals surface area contributed by atoms with Crippen LogP contribution in [-0.4, -0.2) is 31.6 Å². The van der Waals surface area contributed by atoms with Crippen molar-refractivity contribution in [3.05, 3.63) is 10.4 Å². The van der Waals surface area contributed by atoms with E-state index in [9.17, 15) is 4.79 Å². The van der Waals surface area contributed by atoms with Crippen LogP contribution in [-0.2, 0) is 4.74 Å². The average Bonchev–Trinajstić information content (AvgIpc) is 2.49. The Kier molecular flexibility index (Phi) is 1.93. The molecule has 3 N–H and O–H groups in total. The molecule has 0 aromatic carbocycles. The van der Waals surface area contributed by atoms with Crippen LogP contribution in [0.5, 0.6) is 0 Å². The van der Waals surface area contributed by atoms with E-state index in [0.29, 0.717) is 26.3 Å². The molecule has 1 aliphatic heterocycles. The molecular weight excluding hydrogens is 176 g/mol.